The van der Waals surface area contributed by atoms with Crippen molar-refractivity contribution in [2.45, 2.75) is 19.9 Å². The number of rotatable bonds is 5. The number of aromatic amines is 1. The number of nitrogens with zero attached hydrogens (tertiary/aromatic N) is 3. The normalized spacial score (nSPS) is 11.2. The van der Waals surface area contributed by atoms with E-state index in [0.29, 0.717) is 23.0 Å². The van der Waals surface area contributed by atoms with E-state index in [1.807, 2.05) is 38.1 Å². The monoisotopic (exact) mass is 361 g/mol. The number of hydrogen-bond acceptors (Lipinski definition) is 7. The molecule has 4 rings (SSSR count). The number of H-pyrrole nitrogens is 1. The average Bonchev–Trinajstić information content (AvgIpc) is 3.30. The van der Waals surface area contributed by atoms with Crippen molar-refractivity contribution in [2.24, 2.45) is 0 Å². The quantitative estimate of drug-likeness (QED) is 0.403. The number of nitrogens with one attached hydrogen (secondary N) is 3. The van der Waals surface area contributed by atoms with E-state index < -0.39 is 0 Å². The van der Waals surface area contributed by atoms with Crippen LogP contribution in [-0.4, -0.2) is 31.7 Å². The third-order valence-electron chi connectivity index (χ3n) is 4.12. The van der Waals surface area contributed by atoms with Gasteiger partial charge in [0.05, 0.1) is 23.2 Å². The highest BCUT2D eigenvalue weighted by Crippen LogP contribution is 2.27. The zero-order valence-corrected chi connectivity index (χ0v) is 14.9. The molecule has 0 radical (unpaired) electrons. The van der Waals surface area contributed by atoms with Gasteiger partial charge in [-0.2, -0.15) is 0 Å². The standard InChI is InChI=1S/C19H19N7O/c1-10(2)25-18-15(17(21)23-9-24-18)16(20)14-7-11-3-4-12(8-13(11)26-14)19-22-5-6-27-19/h3-10,20,26H,1-2H3,(H3,21,23,24,25). The van der Waals surface area contributed by atoms with Gasteiger partial charge in [-0.15, -0.1) is 0 Å². The number of aromatic nitrogens is 4. The largest absolute Gasteiger partial charge is 0.445 e. The van der Waals surface area contributed by atoms with Gasteiger partial charge < -0.3 is 20.5 Å². The Labute approximate surface area is 155 Å². The summed E-state index contributed by atoms with van der Waals surface area (Å²) in [6.07, 6.45) is 4.54. The maximum absolute atomic E-state index is 8.66. The lowest BCUT2D eigenvalue weighted by molar-refractivity contribution is 0.574. The second-order valence-electron chi connectivity index (χ2n) is 6.48. The zero-order chi connectivity index (χ0) is 19.0. The summed E-state index contributed by atoms with van der Waals surface area (Å²) in [7, 11) is 0. The molecule has 27 heavy (non-hydrogen) atoms. The summed E-state index contributed by atoms with van der Waals surface area (Å²) < 4.78 is 5.35. The van der Waals surface area contributed by atoms with Crippen molar-refractivity contribution in [3.63, 3.8) is 0 Å². The van der Waals surface area contributed by atoms with Crippen LogP contribution in [0, 0.1) is 5.41 Å². The predicted octanol–water partition coefficient (Wildman–Crippen LogP) is 3.43. The van der Waals surface area contributed by atoms with Crippen LogP contribution in [0.25, 0.3) is 22.4 Å². The molecule has 3 heterocycles. The molecule has 8 nitrogen and oxygen atoms in total. The van der Waals surface area contributed by atoms with Crippen molar-refractivity contribution < 1.29 is 4.42 Å². The van der Waals surface area contributed by atoms with Gasteiger partial charge in [0.15, 0.2) is 0 Å². The van der Waals surface area contributed by atoms with Crippen LogP contribution in [0.15, 0.2) is 47.5 Å². The molecule has 5 N–H and O–H groups in total. The first kappa shape index (κ1) is 16.8. The van der Waals surface area contributed by atoms with Gasteiger partial charge in [-0.05, 0) is 32.0 Å². The Morgan fingerprint density at radius 1 is 1.22 bits per heavy atom. The molecule has 0 saturated heterocycles. The summed E-state index contributed by atoms with van der Waals surface area (Å²) in [5.74, 6) is 1.35. The Kier molecular flexibility index (Phi) is 4.08. The Bertz CT molecular complexity index is 1110. The average molecular weight is 361 g/mol. The summed E-state index contributed by atoms with van der Waals surface area (Å²) in [6, 6.07) is 7.89. The topological polar surface area (TPSA) is 130 Å². The first-order valence-corrected chi connectivity index (χ1v) is 8.52. The smallest absolute Gasteiger partial charge is 0.225 e. The van der Waals surface area contributed by atoms with Gasteiger partial charge in [-0.25, -0.2) is 15.0 Å². The van der Waals surface area contributed by atoms with Crippen LogP contribution in [-0.2, 0) is 0 Å². The van der Waals surface area contributed by atoms with E-state index in [1.54, 1.807) is 6.20 Å². The molecule has 4 aromatic rings. The van der Waals surface area contributed by atoms with Crippen molar-refractivity contribution in [3.05, 3.63) is 54.3 Å². The molecular weight excluding hydrogens is 342 g/mol. The van der Waals surface area contributed by atoms with Gasteiger partial charge in [-0.3, -0.25) is 5.41 Å². The summed E-state index contributed by atoms with van der Waals surface area (Å²) >= 11 is 0. The minimum atomic E-state index is 0.150. The van der Waals surface area contributed by atoms with E-state index in [1.165, 1.54) is 12.6 Å². The van der Waals surface area contributed by atoms with Gasteiger partial charge in [0.1, 0.15) is 24.2 Å². The number of nitrogen functional groups attached to an aromatic ring is 1. The lowest BCUT2D eigenvalue weighted by Crippen LogP contribution is -2.18. The second-order valence-corrected chi connectivity index (χ2v) is 6.48. The molecule has 136 valence electrons. The van der Waals surface area contributed by atoms with E-state index in [-0.39, 0.29) is 17.6 Å². The first-order valence-electron chi connectivity index (χ1n) is 8.52. The van der Waals surface area contributed by atoms with Gasteiger partial charge in [-0.1, -0.05) is 6.07 Å². The minimum absolute atomic E-state index is 0.150. The van der Waals surface area contributed by atoms with Crippen LogP contribution >= 0.6 is 0 Å². The molecule has 1 aromatic carbocycles. The number of fused-ring (bicyclic) bond motifs is 1. The number of benzene rings is 1. The van der Waals surface area contributed by atoms with E-state index in [2.05, 4.69) is 25.3 Å². The molecular formula is C19H19N7O. The highest BCUT2D eigenvalue weighted by molar-refractivity contribution is 6.16. The van der Waals surface area contributed by atoms with Crippen LogP contribution in [0.2, 0.25) is 0 Å². The third kappa shape index (κ3) is 3.12. The summed E-state index contributed by atoms with van der Waals surface area (Å²) in [5, 5.41) is 12.9. The van der Waals surface area contributed by atoms with E-state index >= 15 is 0 Å². The van der Waals surface area contributed by atoms with Crippen molar-refractivity contribution in [1.29, 1.82) is 5.41 Å². The van der Waals surface area contributed by atoms with Crippen LogP contribution in [0.4, 0.5) is 11.6 Å². The zero-order valence-electron chi connectivity index (χ0n) is 14.9. The maximum atomic E-state index is 8.66. The maximum Gasteiger partial charge on any atom is 0.225 e. The van der Waals surface area contributed by atoms with Crippen molar-refractivity contribution in [2.75, 3.05) is 11.1 Å². The van der Waals surface area contributed by atoms with Crippen molar-refractivity contribution in [3.8, 4) is 11.5 Å². The highest BCUT2D eigenvalue weighted by Gasteiger charge is 2.18. The van der Waals surface area contributed by atoms with Crippen LogP contribution < -0.4 is 11.1 Å². The molecule has 0 aliphatic carbocycles. The molecule has 0 fully saturated rings. The second kappa shape index (κ2) is 6.56. The van der Waals surface area contributed by atoms with Crippen LogP contribution in [0.1, 0.15) is 25.1 Å². The van der Waals surface area contributed by atoms with Gasteiger partial charge in [0.2, 0.25) is 5.89 Å². The molecule has 0 unspecified atom stereocenters. The molecule has 0 aliphatic rings. The third-order valence-corrected chi connectivity index (χ3v) is 4.12. The summed E-state index contributed by atoms with van der Waals surface area (Å²) in [5.41, 5.74) is 9.12. The number of hydrogen-bond donors (Lipinski definition) is 4. The predicted molar refractivity (Wildman–Crippen MR) is 105 cm³/mol. The Hall–Kier alpha value is -3.68. The fourth-order valence-corrected chi connectivity index (χ4v) is 2.92. The van der Waals surface area contributed by atoms with Crippen LogP contribution in [0.3, 0.4) is 0 Å². The van der Waals surface area contributed by atoms with Crippen LogP contribution in [0.5, 0.6) is 0 Å². The SMILES string of the molecule is CC(C)Nc1ncnc(N)c1C(=N)c1cc2ccc(-c3ncco3)cc2[nH]1. The molecule has 8 heteroatoms. The number of oxazole rings is 1. The summed E-state index contributed by atoms with van der Waals surface area (Å²) in [4.78, 5) is 15.7. The molecule has 0 aliphatic heterocycles. The van der Waals surface area contributed by atoms with Gasteiger partial charge in [0, 0.05) is 22.5 Å². The molecule has 3 aromatic heterocycles. The van der Waals surface area contributed by atoms with Gasteiger partial charge >= 0.3 is 0 Å². The van der Waals surface area contributed by atoms with E-state index in [9.17, 15) is 0 Å². The highest BCUT2D eigenvalue weighted by atomic mass is 16.3. The number of nitrogens with two attached hydrogens (primary N) is 1. The Morgan fingerprint density at radius 3 is 2.81 bits per heavy atom. The van der Waals surface area contributed by atoms with E-state index in [4.69, 9.17) is 15.6 Å². The number of anilines is 2. The van der Waals surface area contributed by atoms with Crippen molar-refractivity contribution in [1.82, 2.24) is 19.9 Å². The Balaban J connectivity index is 1.76. The fourth-order valence-electron chi connectivity index (χ4n) is 2.92. The molecule has 0 saturated carbocycles. The molecule has 0 amide bonds. The minimum Gasteiger partial charge on any atom is -0.445 e. The Morgan fingerprint density at radius 2 is 2.07 bits per heavy atom. The van der Waals surface area contributed by atoms with Gasteiger partial charge in [0.25, 0.3) is 0 Å². The van der Waals surface area contributed by atoms with E-state index in [0.717, 1.165) is 16.5 Å². The molecule has 0 atom stereocenters. The first-order chi connectivity index (χ1) is 13.0. The fraction of sp³-hybridized carbons (Fsp3) is 0.158. The lowest BCUT2D eigenvalue weighted by Gasteiger charge is -2.14. The molecule has 0 bridgehead atoms. The lowest BCUT2D eigenvalue weighted by atomic mass is 10.1. The summed E-state index contributed by atoms with van der Waals surface area (Å²) in [6.45, 7) is 4.00. The molecule has 0 spiro atoms. The van der Waals surface area contributed by atoms with Crippen molar-refractivity contribution >= 4 is 28.3 Å².